The SMILES string of the molecule is O=C(CCc1ccc(Cl)cc1Cl)N1CCN(S(=O)(=O)C2CCS(=O)(=O)C2)CC1. The van der Waals surface area contributed by atoms with E-state index in [4.69, 9.17) is 23.2 Å². The van der Waals surface area contributed by atoms with Gasteiger partial charge in [0.15, 0.2) is 9.84 Å². The zero-order chi connectivity index (χ0) is 20.5. The van der Waals surface area contributed by atoms with Crippen LogP contribution in [0.15, 0.2) is 18.2 Å². The summed E-state index contributed by atoms with van der Waals surface area (Å²) in [4.78, 5) is 14.1. The number of carbonyl (C=O) groups is 1. The van der Waals surface area contributed by atoms with Crippen molar-refractivity contribution in [3.05, 3.63) is 33.8 Å². The van der Waals surface area contributed by atoms with Crippen LogP contribution in [0.4, 0.5) is 0 Å². The predicted octanol–water partition coefficient (Wildman–Crippen LogP) is 1.59. The molecule has 0 aliphatic carbocycles. The van der Waals surface area contributed by atoms with Gasteiger partial charge in [-0.2, -0.15) is 4.31 Å². The van der Waals surface area contributed by atoms with Gasteiger partial charge in [-0.25, -0.2) is 16.8 Å². The molecule has 0 radical (unpaired) electrons. The van der Waals surface area contributed by atoms with Gasteiger partial charge in [-0.1, -0.05) is 29.3 Å². The number of aryl methyl sites for hydroxylation is 1. The van der Waals surface area contributed by atoms with Gasteiger partial charge in [-0.15, -0.1) is 0 Å². The van der Waals surface area contributed by atoms with Crippen LogP contribution in [0, 0.1) is 0 Å². The number of benzene rings is 1. The van der Waals surface area contributed by atoms with Crippen molar-refractivity contribution < 1.29 is 21.6 Å². The number of sulfonamides is 1. The van der Waals surface area contributed by atoms with Gasteiger partial charge < -0.3 is 4.90 Å². The molecular weight excluding hydrogens is 447 g/mol. The molecule has 0 bridgehead atoms. The fourth-order valence-electron chi connectivity index (χ4n) is 3.52. The number of sulfone groups is 1. The lowest BCUT2D eigenvalue weighted by molar-refractivity contribution is -0.132. The van der Waals surface area contributed by atoms with Crippen LogP contribution in [0.3, 0.4) is 0 Å². The van der Waals surface area contributed by atoms with Crippen molar-refractivity contribution in [2.75, 3.05) is 37.7 Å². The number of hydrogen-bond donors (Lipinski definition) is 0. The van der Waals surface area contributed by atoms with Gasteiger partial charge in [-0.05, 0) is 30.5 Å². The summed E-state index contributed by atoms with van der Waals surface area (Å²) in [5, 5.41) is 0.182. The van der Waals surface area contributed by atoms with Gasteiger partial charge in [0.1, 0.15) is 0 Å². The second-order valence-corrected chi connectivity index (χ2v) is 12.4. The van der Waals surface area contributed by atoms with Crippen LogP contribution in [-0.4, -0.2) is 74.9 Å². The van der Waals surface area contributed by atoms with E-state index in [1.165, 1.54) is 4.31 Å². The van der Waals surface area contributed by atoms with E-state index in [1.807, 2.05) is 0 Å². The van der Waals surface area contributed by atoms with Gasteiger partial charge in [0.25, 0.3) is 0 Å². The Morgan fingerprint density at radius 3 is 2.39 bits per heavy atom. The first-order valence-electron chi connectivity index (χ1n) is 8.99. The summed E-state index contributed by atoms with van der Waals surface area (Å²) >= 11 is 12.0. The van der Waals surface area contributed by atoms with Crippen LogP contribution >= 0.6 is 23.2 Å². The highest BCUT2D eigenvalue weighted by molar-refractivity contribution is 7.95. The van der Waals surface area contributed by atoms with Crippen molar-refractivity contribution in [3.8, 4) is 0 Å². The molecule has 3 rings (SSSR count). The highest BCUT2D eigenvalue weighted by atomic mass is 35.5. The van der Waals surface area contributed by atoms with Crippen LogP contribution in [-0.2, 0) is 31.1 Å². The fraction of sp³-hybridized carbons (Fsp3) is 0.588. The standard InChI is InChI=1S/C17H22Cl2N2O5S2/c18-14-3-1-13(16(19)11-14)2-4-17(22)20-6-8-21(9-7-20)28(25,26)15-5-10-27(23,24)12-15/h1,3,11,15H,2,4-10,12H2. The van der Waals surface area contributed by atoms with Crippen molar-refractivity contribution in [1.29, 1.82) is 0 Å². The fourth-order valence-corrected chi connectivity index (χ4v) is 8.54. The Labute approximate surface area is 175 Å². The summed E-state index contributed by atoms with van der Waals surface area (Å²) in [6, 6.07) is 5.15. The highest BCUT2D eigenvalue weighted by Crippen LogP contribution is 2.24. The number of amides is 1. The summed E-state index contributed by atoms with van der Waals surface area (Å²) < 4.78 is 49.8. The van der Waals surface area contributed by atoms with Crippen molar-refractivity contribution in [1.82, 2.24) is 9.21 Å². The topological polar surface area (TPSA) is 91.8 Å². The van der Waals surface area contributed by atoms with E-state index in [1.54, 1.807) is 23.1 Å². The first-order valence-corrected chi connectivity index (χ1v) is 13.1. The van der Waals surface area contributed by atoms with E-state index in [9.17, 15) is 21.6 Å². The molecule has 2 aliphatic rings. The van der Waals surface area contributed by atoms with Gasteiger partial charge >= 0.3 is 0 Å². The number of piperazine rings is 1. The lowest BCUT2D eigenvalue weighted by Crippen LogP contribution is -2.52. The molecule has 1 aromatic rings. The quantitative estimate of drug-likeness (QED) is 0.653. The monoisotopic (exact) mass is 468 g/mol. The molecule has 0 spiro atoms. The maximum Gasteiger partial charge on any atom is 0.222 e. The average Bonchev–Trinajstić information content (AvgIpc) is 3.01. The first-order chi connectivity index (χ1) is 13.1. The molecule has 0 saturated carbocycles. The minimum atomic E-state index is -3.66. The Kier molecular flexibility index (Phi) is 6.61. The van der Waals surface area contributed by atoms with Crippen LogP contribution in [0.2, 0.25) is 10.0 Å². The van der Waals surface area contributed by atoms with Gasteiger partial charge in [0.05, 0.1) is 16.8 Å². The Morgan fingerprint density at radius 1 is 1.14 bits per heavy atom. The summed E-state index contributed by atoms with van der Waals surface area (Å²) in [6.45, 7) is 0.969. The Morgan fingerprint density at radius 2 is 1.82 bits per heavy atom. The molecule has 1 atom stereocenters. The average molecular weight is 469 g/mol. The Balaban J connectivity index is 1.52. The molecule has 1 unspecified atom stereocenters. The van der Waals surface area contributed by atoms with E-state index >= 15 is 0 Å². The maximum atomic E-state index is 12.7. The smallest absolute Gasteiger partial charge is 0.222 e. The highest BCUT2D eigenvalue weighted by Gasteiger charge is 2.41. The van der Waals surface area contributed by atoms with Crippen molar-refractivity contribution in [2.45, 2.75) is 24.5 Å². The van der Waals surface area contributed by atoms with Gasteiger partial charge in [0, 0.05) is 42.6 Å². The van der Waals surface area contributed by atoms with Crippen LogP contribution < -0.4 is 0 Å². The molecule has 0 aromatic heterocycles. The second kappa shape index (κ2) is 8.47. The van der Waals surface area contributed by atoms with Crippen molar-refractivity contribution in [2.24, 2.45) is 0 Å². The molecule has 156 valence electrons. The normalized spacial score (nSPS) is 23.1. The molecule has 28 heavy (non-hydrogen) atoms. The number of carbonyl (C=O) groups excluding carboxylic acids is 1. The van der Waals surface area contributed by atoms with Crippen LogP contribution in [0.25, 0.3) is 0 Å². The number of nitrogens with zero attached hydrogens (tertiary/aromatic N) is 2. The molecule has 7 nitrogen and oxygen atoms in total. The van der Waals surface area contributed by atoms with E-state index < -0.39 is 25.1 Å². The minimum absolute atomic E-state index is 0.0634. The molecule has 0 N–H and O–H groups in total. The molecule has 2 saturated heterocycles. The molecule has 11 heteroatoms. The summed E-state index contributed by atoms with van der Waals surface area (Å²) in [5.41, 5.74) is 0.836. The zero-order valence-electron chi connectivity index (χ0n) is 15.2. The molecule has 2 heterocycles. The first kappa shape index (κ1) is 21.8. The molecule has 2 aliphatic heterocycles. The Bertz CT molecular complexity index is 958. The third-order valence-corrected chi connectivity index (χ3v) is 10.1. The minimum Gasteiger partial charge on any atom is -0.340 e. The maximum absolute atomic E-state index is 12.7. The van der Waals surface area contributed by atoms with Crippen molar-refractivity contribution >= 4 is 49.0 Å². The molecule has 2 fully saturated rings. The molecule has 1 aromatic carbocycles. The lowest BCUT2D eigenvalue weighted by atomic mass is 10.1. The van der Waals surface area contributed by atoms with Gasteiger partial charge in [0.2, 0.25) is 15.9 Å². The van der Waals surface area contributed by atoms with E-state index in [0.717, 1.165) is 5.56 Å². The van der Waals surface area contributed by atoms with E-state index in [-0.39, 0.29) is 43.3 Å². The summed E-state index contributed by atoms with van der Waals surface area (Å²) in [5.74, 6) is -0.453. The van der Waals surface area contributed by atoms with Crippen LogP contribution in [0.1, 0.15) is 18.4 Å². The predicted molar refractivity (Wildman–Crippen MR) is 109 cm³/mol. The lowest BCUT2D eigenvalue weighted by Gasteiger charge is -2.35. The van der Waals surface area contributed by atoms with Crippen molar-refractivity contribution in [3.63, 3.8) is 0 Å². The molecular formula is C17H22Cl2N2O5S2. The second-order valence-electron chi connectivity index (χ2n) is 7.09. The number of hydrogen-bond acceptors (Lipinski definition) is 5. The van der Waals surface area contributed by atoms with Gasteiger partial charge in [-0.3, -0.25) is 4.79 Å². The van der Waals surface area contributed by atoms with E-state index in [0.29, 0.717) is 29.6 Å². The summed E-state index contributed by atoms with van der Waals surface area (Å²) in [6.07, 6.45) is 0.897. The molecule has 1 amide bonds. The van der Waals surface area contributed by atoms with E-state index in [2.05, 4.69) is 0 Å². The van der Waals surface area contributed by atoms with Crippen LogP contribution in [0.5, 0.6) is 0 Å². The summed E-state index contributed by atoms with van der Waals surface area (Å²) in [7, 11) is -6.93. The number of rotatable bonds is 5. The largest absolute Gasteiger partial charge is 0.340 e. The third kappa shape index (κ3) is 4.99. The third-order valence-electron chi connectivity index (χ3n) is 5.19. The number of halogens is 2. The Hall–Kier alpha value is -0.870. The zero-order valence-corrected chi connectivity index (χ0v) is 18.3.